The lowest BCUT2D eigenvalue weighted by Gasteiger charge is -2.09. The molecule has 0 aromatic carbocycles. The average molecular weight is 347 g/mol. The summed E-state index contributed by atoms with van der Waals surface area (Å²) in [7, 11) is 2.42. The van der Waals surface area contributed by atoms with E-state index in [1.54, 1.807) is 7.05 Å². The highest BCUT2D eigenvalue weighted by molar-refractivity contribution is 7.89. The molecule has 22 heavy (non-hydrogen) atoms. The molecule has 0 spiro atoms. The van der Waals surface area contributed by atoms with Gasteiger partial charge in [-0.3, -0.25) is 9.71 Å². The number of rotatable bonds is 8. The third-order valence-electron chi connectivity index (χ3n) is 2.84. The summed E-state index contributed by atoms with van der Waals surface area (Å²) < 4.78 is 24.6. The van der Waals surface area contributed by atoms with Crippen LogP contribution in [0.3, 0.4) is 0 Å². The number of nitrogens with zero attached hydrogens (tertiary/aromatic N) is 2. The van der Waals surface area contributed by atoms with Crippen molar-refractivity contribution >= 4 is 27.3 Å². The zero-order chi connectivity index (χ0) is 16.6. The summed E-state index contributed by atoms with van der Waals surface area (Å²) in [6.45, 7) is 1.69. The van der Waals surface area contributed by atoms with Crippen LogP contribution in [0.2, 0.25) is 0 Å². The van der Waals surface area contributed by atoms with Crippen molar-refractivity contribution < 1.29 is 8.42 Å². The summed E-state index contributed by atoms with van der Waals surface area (Å²) in [6, 6.07) is 4.39. The molecule has 0 aliphatic heterocycles. The summed E-state index contributed by atoms with van der Waals surface area (Å²) in [5, 5.41) is 3.00. The van der Waals surface area contributed by atoms with Crippen LogP contribution in [0, 0.1) is 0 Å². The van der Waals surface area contributed by atoms with Gasteiger partial charge in [0, 0.05) is 29.9 Å². The number of thiophene rings is 1. The summed E-state index contributed by atoms with van der Waals surface area (Å²) >= 11 is 1.86. The van der Waals surface area contributed by atoms with Crippen molar-refractivity contribution in [1.29, 1.82) is 0 Å². The summed E-state index contributed by atoms with van der Waals surface area (Å²) in [4.78, 5) is 8.82. The molecule has 2 N–H and O–H groups in total. The van der Waals surface area contributed by atoms with Crippen molar-refractivity contribution in [1.82, 2.24) is 14.9 Å². The minimum atomic E-state index is -3.27. The maximum Gasteiger partial charge on any atom is 0.232 e. The van der Waals surface area contributed by atoms with Crippen molar-refractivity contribution in [3.05, 3.63) is 21.9 Å². The van der Waals surface area contributed by atoms with Crippen LogP contribution in [-0.4, -0.2) is 53.2 Å². The van der Waals surface area contributed by atoms with Gasteiger partial charge in [-0.1, -0.05) is 0 Å². The highest BCUT2D eigenvalue weighted by atomic mass is 32.2. The Balaban J connectivity index is 2.24. The molecule has 0 fully saturated rings. The van der Waals surface area contributed by atoms with Gasteiger partial charge >= 0.3 is 0 Å². The lowest BCUT2D eigenvalue weighted by atomic mass is 10.2. The monoisotopic (exact) mass is 346 g/mol. The molecule has 0 radical (unpaired) electrons. The van der Waals surface area contributed by atoms with Crippen molar-refractivity contribution in [2.24, 2.45) is 4.99 Å². The minimum absolute atomic E-state index is 0.298. The van der Waals surface area contributed by atoms with E-state index in [4.69, 9.17) is 0 Å². The fourth-order valence-corrected chi connectivity index (χ4v) is 3.61. The first-order chi connectivity index (χ1) is 10.3. The van der Waals surface area contributed by atoms with Crippen LogP contribution in [0.4, 0.5) is 0 Å². The van der Waals surface area contributed by atoms with Crippen LogP contribution < -0.4 is 10.0 Å². The first-order valence-corrected chi connectivity index (χ1v) is 9.91. The maximum atomic E-state index is 11.1. The Morgan fingerprint density at radius 3 is 2.55 bits per heavy atom. The minimum Gasteiger partial charge on any atom is -0.356 e. The van der Waals surface area contributed by atoms with Gasteiger partial charge in [-0.15, -0.1) is 11.3 Å². The van der Waals surface area contributed by atoms with Gasteiger partial charge in [-0.25, -0.2) is 8.42 Å². The highest BCUT2D eigenvalue weighted by Crippen LogP contribution is 2.19. The predicted octanol–water partition coefficient (Wildman–Crippen LogP) is 1.26. The van der Waals surface area contributed by atoms with Gasteiger partial charge in [0.25, 0.3) is 0 Å². The lowest BCUT2D eigenvalue weighted by molar-refractivity contribution is 0.406. The van der Waals surface area contributed by atoms with Crippen molar-refractivity contribution in [3.63, 3.8) is 0 Å². The van der Waals surface area contributed by atoms with Crippen molar-refractivity contribution in [2.45, 2.75) is 25.8 Å². The molecular weight excluding hydrogens is 320 g/mol. The first kappa shape index (κ1) is 18.9. The van der Waals surface area contributed by atoms with E-state index in [0.717, 1.165) is 32.1 Å². The van der Waals surface area contributed by atoms with E-state index in [0.29, 0.717) is 12.5 Å². The number of nitrogens with one attached hydrogen (secondary N) is 2. The fraction of sp³-hybridized carbons (Fsp3) is 0.643. The summed E-state index contributed by atoms with van der Waals surface area (Å²) in [6.07, 6.45) is 4.19. The van der Waals surface area contributed by atoms with E-state index in [2.05, 4.69) is 46.2 Å². The van der Waals surface area contributed by atoms with Crippen molar-refractivity contribution in [3.8, 4) is 0 Å². The van der Waals surface area contributed by atoms with Crippen LogP contribution in [-0.2, 0) is 23.0 Å². The van der Waals surface area contributed by atoms with Crippen LogP contribution in [0.5, 0.6) is 0 Å². The van der Waals surface area contributed by atoms with E-state index < -0.39 is 10.0 Å². The average Bonchev–Trinajstić information content (AvgIpc) is 2.82. The van der Waals surface area contributed by atoms with E-state index in [9.17, 15) is 8.42 Å². The molecule has 1 aromatic rings. The van der Waals surface area contributed by atoms with Crippen LogP contribution in [0.25, 0.3) is 0 Å². The molecule has 0 bridgehead atoms. The van der Waals surface area contributed by atoms with Gasteiger partial charge in [0.2, 0.25) is 16.0 Å². The zero-order valence-corrected chi connectivity index (χ0v) is 15.4. The Hall–Kier alpha value is -1.12. The molecule has 1 heterocycles. The summed E-state index contributed by atoms with van der Waals surface area (Å²) in [5.74, 6) is 0.298. The van der Waals surface area contributed by atoms with E-state index in [1.807, 2.05) is 11.3 Å². The van der Waals surface area contributed by atoms with Crippen LogP contribution >= 0.6 is 11.3 Å². The van der Waals surface area contributed by atoms with E-state index in [-0.39, 0.29) is 0 Å². The molecule has 8 heteroatoms. The molecule has 0 atom stereocenters. The smallest absolute Gasteiger partial charge is 0.232 e. The molecule has 0 amide bonds. The second kappa shape index (κ2) is 9.12. The Labute approximate surface area is 137 Å². The molecule has 6 nitrogen and oxygen atoms in total. The third kappa shape index (κ3) is 8.35. The Kier molecular flexibility index (Phi) is 7.84. The van der Waals surface area contributed by atoms with E-state index >= 15 is 0 Å². The number of sulfonamides is 1. The highest BCUT2D eigenvalue weighted by Gasteiger charge is 2.05. The van der Waals surface area contributed by atoms with Gasteiger partial charge in [-0.2, -0.15) is 0 Å². The first-order valence-electron chi connectivity index (χ1n) is 7.21. The molecule has 0 aliphatic carbocycles. The van der Waals surface area contributed by atoms with Crippen LogP contribution in [0.15, 0.2) is 17.1 Å². The Morgan fingerprint density at radius 1 is 1.27 bits per heavy atom. The number of aryl methyl sites for hydroxylation is 1. The number of unbranched alkanes of at least 4 members (excludes halogenated alkanes) is 1. The molecule has 1 rings (SSSR count). The fourth-order valence-electron chi connectivity index (χ4n) is 1.92. The molecule has 0 saturated carbocycles. The van der Waals surface area contributed by atoms with Gasteiger partial charge < -0.3 is 10.2 Å². The largest absolute Gasteiger partial charge is 0.356 e. The number of aliphatic imine (C=N–C) groups is 1. The van der Waals surface area contributed by atoms with Gasteiger partial charge in [-0.05, 0) is 45.5 Å². The SMILES string of the molecule is CN=C(NCCCCc1ccc(CN(C)C)s1)NS(C)(=O)=O. The topological polar surface area (TPSA) is 73.8 Å². The summed E-state index contributed by atoms with van der Waals surface area (Å²) in [5.41, 5.74) is 0. The number of guanidine groups is 1. The molecule has 0 aliphatic rings. The van der Waals surface area contributed by atoms with Gasteiger partial charge in [0.15, 0.2) is 0 Å². The second-order valence-corrected chi connectivity index (χ2v) is 8.44. The van der Waals surface area contributed by atoms with E-state index in [1.165, 1.54) is 9.75 Å². The molecule has 0 unspecified atom stereocenters. The standard InChI is InChI=1S/C14H26N4O2S2/c1-15-14(17-22(4,19)20)16-10-6-5-7-12-8-9-13(21-12)11-18(2)3/h8-9H,5-7,10-11H2,1-4H3,(H2,15,16,17). The Bertz CT molecular complexity index is 579. The number of hydrogen-bond donors (Lipinski definition) is 2. The molecule has 126 valence electrons. The van der Waals surface area contributed by atoms with Crippen molar-refractivity contribution in [2.75, 3.05) is 33.9 Å². The molecule has 1 aromatic heterocycles. The Morgan fingerprint density at radius 2 is 1.95 bits per heavy atom. The lowest BCUT2D eigenvalue weighted by Crippen LogP contribution is -2.40. The quantitative estimate of drug-likeness (QED) is 0.422. The number of hydrogen-bond acceptors (Lipinski definition) is 5. The third-order valence-corrected chi connectivity index (χ3v) is 4.53. The zero-order valence-electron chi connectivity index (χ0n) is 13.7. The van der Waals surface area contributed by atoms with Gasteiger partial charge in [0.05, 0.1) is 6.26 Å². The normalized spacial score (nSPS) is 12.7. The molecular formula is C14H26N4O2S2. The maximum absolute atomic E-state index is 11.1. The van der Waals surface area contributed by atoms with Crippen LogP contribution in [0.1, 0.15) is 22.6 Å². The second-order valence-electron chi connectivity index (χ2n) is 5.44. The molecule has 0 saturated heterocycles. The van der Waals surface area contributed by atoms with Gasteiger partial charge in [0.1, 0.15) is 0 Å². The predicted molar refractivity (Wildman–Crippen MR) is 94.0 cm³/mol.